The van der Waals surface area contributed by atoms with Crippen LogP contribution in [0.1, 0.15) is 24.9 Å². The fourth-order valence-electron chi connectivity index (χ4n) is 2.48. The van der Waals surface area contributed by atoms with Crippen LogP contribution in [0.2, 0.25) is 0 Å². The molecule has 3 heteroatoms. The minimum absolute atomic E-state index is 0.323. The second-order valence-corrected chi connectivity index (χ2v) is 5.04. The number of anilines is 1. The first-order valence-electron chi connectivity index (χ1n) is 7.26. The van der Waals surface area contributed by atoms with E-state index in [2.05, 4.69) is 71.8 Å². The topological polar surface area (TPSA) is 29.9 Å². The molecule has 1 heterocycles. The Morgan fingerprint density at radius 1 is 1.10 bits per heavy atom. The highest BCUT2D eigenvalue weighted by atomic mass is 15.0. The fourth-order valence-corrected chi connectivity index (χ4v) is 2.48. The summed E-state index contributed by atoms with van der Waals surface area (Å²) in [5, 5.41) is 3.61. The van der Waals surface area contributed by atoms with Crippen molar-refractivity contribution in [3.8, 4) is 5.69 Å². The molecule has 3 nitrogen and oxygen atoms in total. The molecule has 0 radical (unpaired) electrons. The van der Waals surface area contributed by atoms with Gasteiger partial charge in [0.15, 0.2) is 0 Å². The van der Waals surface area contributed by atoms with Crippen molar-refractivity contribution in [2.75, 3.05) is 5.32 Å². The molecular weight excluding hydrogens is 258 g/mol. The van der Waals surface area contributed by atoms with E-state index in [9.17, 15) is 0 Å². The predicted octanol–water partition coefficient (Wildman–Crippen LogP) is 4.44. The highest BCUT2D eigenvalue weighted by Gasteiger charge is 2.08. The zero-order chi connectivity index (χ0) is 14.5. The lowest BCUT2D eigenvalue weighted by Gasteiger charge is -2.19. The Morgan fingerprint density at radius 2 is 1.95 bits per heavy atom. The summed E-state index contributed by atoms with van der Waals surface area (Å²) in [4.78, 5) is 4.10. The number of hydrogen-bond donors (Lipinski definition) is 1. The maximum atomic E-state index is 4.10. The summed E-state index contributed by atoms with van der Waals surface area (Å²) in [6, 6.07) is 19.3. The van der Waals surface area contributed by atoms with E-state index in [4.69, 9.17) is 0 Å². The highest BCUT2D eigenvalue weighted by Crippen LogP contribution is 2.23. The standard InChI is InChI=1S/C18H19N3/c1-2-18(15-7-4-3-5-8-15)20-16-9-6-10-17(13-16)21-12-11-19-14-21/h3-14,18,20H,2H2,1H3. The van der Waals surface area contributed by atoms with Crippen molar-refractivity contribution in [2.24, 2.45) is 0 Å². The summed E-state index contributed by atoms with van der Waals surface area (Å²) in [6.45, 7) is 2.20. The number of imidazole rings is 1. The lowest BCUT2D eigenvalue weighted by Crippen LogP contribution is -2.09. The van der Waals surface area contributed by atoms with Gasteiger partial charge in [0, 0.05) is 23.8 Å². The number of hydrogen-bond acceptors (Lipinski definition) is 2. The Balaban J connectivity index is 1.82. The van der Waals surface area contributed by atoms with Crippen LogP contribution < -0.4 is 5.32 Å². The molecule has 2 aromatic carbocycles. The van der Waals surface area contributed by atoms with Crippen LogP contribution in [0.4, 0.5) is 5.69 Å². The number of nitrogens with one attached hydrogen (secondary N) is 1. The molecule has 1 aromatic heterocycles. The maximum absolute atomic E-state index is 4.10. The highest BCUT2D eigenvalue weighted by molar-refractivity contribution is 5.52. The summed E-state index contributed by atoms with van der Waals surface area (Å²) < 4.78 is 2.01. The van der Waals surface area contributed by atoms with Crippen LogP contribution in [0.3, 0.4) is 0 Å². The molecule has 0 saturated heterocycles. The molecular formula is C18H19N3. The van der Waals surface area contributed by atoms with Crippen LogP contribution in [0.25, 0.3) is 5.69 Å². The molecule has 0 spiro atoms. The Hall–Kier alpha value is -2.55. The van der Waals surface area contributed by atoms with Crippen LogP contribution in [-0.4, -0.2) is 9.55 Å². The minimum atomic E-state index is 0.323. The van der Waals surface area contributed by atoms with Gasteiger partial charge in [0.2, 0.25) is 0 Å². The molecule has 1 unspecified atom stereocenters. The van der Waals surface area contributed by atoms with Crippen LogP contribution in [-0.2, 0) is 0 Å². The molecule has 3 aromatic rings. The van der Waals surface area contributed by atoms with Crippen molar-refractivity contribution < 1.29 is 0 Å². The van der Waals surface area contributed by atoms with Crippen LogP contribution in [0.5, 0.6) is 0 Å². The molecule has 0 aliphatic rings. The third-order valence-corrected chi connectivity index (χ3v) is 3.60. The molecule has 0 aliphatic carbocycles. The van der Waals surface area contributed by atoms with E-state index in [0.717, 1.165) is 17.8 Å². The molecule has 0 amide bonds. The Labute approximate surface area is 125 Å². The zero-order valence-corrected chi connectivity index (χ0v) is 12.1. The first-order chi connectivity index (χ1) is 10.4. The molecule has 3 rings (SSSR count). The van der Waals surface area contributed by atoms with Crippen molar-refractivity contribution in [3.63, 3.8) is 0 Å². The maximum Gasteiger partial charge on any atom is 0.0991 e. The first kappa shape index (κ1) is 13.4. The minimum Gasteiger partial charge on any atom is -0.378 e. The quantitative estimate of drug-likeness (QED) is 0.747. The van der Waals surface area contributed by atoms with E-state index >= 15 is 0 Å². The Morgan fingerprint density at radius 3 is 2.67 bits per heavy atom. The average Bonchev–Trinajstić information content (AvgIpc) is 3.08. The van der Waals surface area contributed by atoms with Gasteiger partial charge in [-0.25, -0.2) is 4.98 Å². The van der Waals surface area contributed by atoms with Crippen LogP contribution in [0, 0.1) is 0 Å². The second kappa shape index (κ2) is 6.27. The summed E-state index contributed by atoms with van der Waals surface area (Å²) in [5.41, 5.74) is 3.55. The number of benzene rings is 2. The number of nitrogens with zero attached hydrogens (tertiary/aromatic N) is 2. The van der Waals surface area contributed by atoms with Gasteiger partial charge in [-0.2, -0.15) is 0 Å². The normalized spacial score (nSPS) is 12.0. The predicted molar refractivity (Wildman–Crippen MR) is 86.7 cm³/mol. The summed E-state index contributed by atoms with van der Waals surface area (Å²) in [7, 11) is 0. The summed E-state index contributed by atoms with van der Waals surface area (Å²) in [6.07, 6.45) is 6.60. The number of rotatable bonds is 5. The van der Waals surface area contributed by atoms with Crippen LogP contribution in [0.15, 0.2) is 73.3 Å². The SMILES string of the molecule is CCC(Nc1cccc(-n2ccnc2)c1)c1ccccc1. The van der Waals surface area contributed by atoms with Crippen molar-refractivity contribution in [3.05, 3.63) is 78.9 Å². The smallest absolute Gasteiger partial charge is 0.0991 e. The van der Waals surface area contributed by atoms with Gasteiger partial charge >= 0.3 is 0 Å². The zero-order valence-electron chi connectivity index (χ0n) is 12.1. The molecule has 0 fully saturated rings. The largest absolute Gasteiger partial charge is 0.378 e. The van der Waals surface area contributed by atoms with E-state index in [1.807, 2.05) is 17.1 Å². The van der Waals surface area contributed by atoms with Gasteiger partial charge in [-0.15, -0.1) is 0 Å². The van der Waals surface area contributed by atoms with E-state index in [0.29, 0.717) is 6.04 Å². The fraction of sp³-hybridized carbons (Fsp3) is 0.167. The van der Waals surface area contributed by atoms with Gasteiger partial charge in [0.1, 0.15) is 0 Å². The van der Waals surface area contributed by atoms with E-state index < -0.39 is 0 Å². The van der Waals surface area contributed by atoms with Gasteiger partial charge in [-0.1, -0.05) is 43.3 Å². The number of aromatic nitrogens is 2. The Bertz CT molecular complexity index is 675. The molecule has 1 atom stereocenters. The van der Waals surface area contributed by atoms with Gasteiger partial charge in [0.05, 0.1) is 12.4 Å². The van der Waals surface area contributed by atoms with E-state index in [1.165, 1.54) is 5.56 Å². The lowest BCUT2D eigenvalue weighted by molar-refractivity contribution is 0.749. The average molecular weight is 277 g/mol. The van der Waals surface area contributed by atoms with Crippen molar-refractivity contribution in [2.45, 2.75) is 19.4 Å². The van der Waals surface area contributed by atoms with E-state index in [1.54, 1.807) is 6.20 Å². The summed E-state index contributed by atoms with van der Waals surface area (Å²) >= 11 is 0. The van der Waals surface area contributed by atoms with Gasteiger partial charge in [-0.3, -0.25) is 0 Å². The molecule has 1 N–H and O–H groups in total. The van der Waals surface area contributed by atoms with Gasteiger partial charge in [0.25, 0.3) is 0 Å². The Kier molecular flexibility index (Phi) is 4.01. The molecule has 106 valence electrons. The summed E-state index contributed by atoms with van der Waals surface area (Å²) in [5.74, 6) is 0. The third kappa shape index (κ3) is 3.14. The van der Waals surface area contributed by atoms with Gasteiger partial charge in [-0.05, 0) is 30.2 Å². The first-order valence-corrected chi connectivity index (χ1v) is 7.26. The molecule has 0 aliphatic heterocycles. The second-order valence-electron chi connectivity index (χ2n) is 5.04. The molecule has 0 bridgehead atoms. The molecule has 0 saturated carbocycles. The third-order valence-electron chi connectivity index (χ3n) is 3.60. The van der Waals surface area contributed by atoms with Crippen molar-refractivity contribution in [1.82, 2.24) is 9.55 Å². The van der Waals surface area contributed by atoms with Crippen LogP contribution >= 0.6 is 0 Å². The van der Waals surface area contributed by atoms with Crippen molar-refractivity contribution >= 4 is 5.69 Å². The van der Waals surface area contributed by atoms with E-state index in [-0.39, 0.29) is 0 Å². The monoisotopic (exact) mass is 277 g/mol. The van der Waals surface area contributed by atoms with Gasteiger partial charge < -0.3 is 9.88 Å². The van der Waals surface area contributed by atoms with Crippen molar-refractivity contribution in [1.29, 1.82) is 0 Å². The lowest BCUT2D eigenvalue weighted by atomic mass is 10.0. The molecule has 21 heavy (non-hydrogen) atoms.